The van der Waals surface area contributed by atoms with Gasteiger partial charge in [-0.3, -0.25) is 9.69 Å². The Bertz CT molecular complexity index is 682. The molecule has 1 aromatic carbocycles. The zero-order valence-electron chi connectivity index (χ0n) is 12.9. The van der Waals surface area contributed by atoms with E-state index in [9.17, 15) is 4.79 Å². The molecule has 0 fully saturated rings. The summed E-state index contributed by atoms with van der Waals surface area (Å²) in [6.45, 7) is 0.437. The maximum Gasteiger partial charge on any atom is 0.244 e. The number of nitrogens with one attached hydrogen (secondary N) is 1. The first-order valence-corrected chi connectivity index (χ1v) is 7.84. The van der Waals surface area contributed by atoms with E-state index in [0.29, 0.717) is 22.2 Å². The van der Waals surface area contributed by atoms with Crippen molar-refractivity contribution >= 4 is 35.2 Å². The molecule has 6 heteroatoms. The van der Waals surface area contributed by atoms with E-state index < -0.39 is 0 Å². The third-order valence-electron chi connectivity index (χ3n) is 3.36. The van der Waals surface area contributed by atoms with Crippen molar-refractivity contribution in [1.82, 2.24) is 10.2 Å². The predicted octanol–water partition coefficient (Wildman–Crippen LogP) is 4.02. The molecule has 1 N–H and O–H groups in total. The molecular weight excluding hydrogens is 335 g/mol. The zero-order valence-corrected chi connectivity index (χ0v) is 14.4. The molecule has 122 valence electrons. The number of carbonyl (C=O) groups is 1. The Balaban J connectivity index is 1.96. The molecule has 0 aliphatic carbocycles. The maximum absolute atomic E-state index is 12.0. The van der Waals surface area contributed by atoms with Crippen molar-refractivity contribution in [3.05, 3.63) is 64.0 Å². The van der Waals surface area contributed by atoms with Crippen molar-refractivity contribution in [3.63, 3.8) is 0 Å². The molecule has 0 spiro atoms. The van der Waals surface area contributed by atoms with Crippen LogP contribution in [0.2, 0.25) is 10.0 Å². The smallest absolute Gasteiger partial charge is 0.244 e. The standard InChI is InChI=1S/C17H18Cl2N2O2/c1-21(2)14(15-7-4-10-23-15)11-20-16(22)9-8-12-5-3-6-13(18)17(12)19/h3-10,14H,11H2,1-2H3,(H,20,22)/b9-8+. The molecule has 23 heavy (non-hydrogen) atoms. The summed E-state index contributed by atoms with van der Waals surface area (Å²) in [5.41, 5.74) is 0.699. The number of furan rings is 1. The van der Waals surface area contributed by atoms with Gasteiger partial charge in [-0.25, -0.2) is 0 Å². The van der Waals surface area contributed by atoms with Crippen LogP contribution in [0.15, 0.2) is 47.1 Å². The molecule has 1 aromatic heterocycles. The van der Waals surface area contributed by atoms with E-state index in [-0.39, 0.29) is 11.9 Å². The Morgan fingerprint density at radius 3 is 2.74 bits per heavy atom. The van der Waals surface area contributed by atoms with E-state index in [4.69, 9.17) is 27.6 Å². The first-order valence-electron chi connectivity index (χ1n) is 7.09. The fourth-order valence-corrected chi connectivity index (χ4v) is 2.46. The summed E-state index contributed by atoms with van der Waals surface area (Å²) in [5.74, 6) is 0.594. The van der Waals surface area contributed by atoms with Crippen LogP contribution in [0.3, 0.4) is 0 Å². The van der Waals surface area contributed by atoms with E-state index in [1.807, 2.05) is 31.1 Å². The van der Waals surface area contributed by atoms with Gasteiger partial charge in [0.1, 0.15) is 5.76 Å². The molecule has 0 saturated heterocycles. The lowest BCUT2D eigenvalue weighted by atomic mass is 10.2. The van der Waals surface area contributed by atoms with Crippen molar-refractivity contribution in [2.45, 2.75) is 6.04 Å². The second-order valence-corrected chi connectivity index (χ2v) is 6.00. The lowest BCUT2D eigenvalue weighted by molar-refractivity contribution is -0.116. The maximum atomic E-state index is 12.0. The second-order valence-electron chi connectivity index (χ2n) is 5.22. The monoisotopic (exact) mass is 352 g/mol. The second kappa shape index (κ2) is 8.20. The average Bonchev–Trinajstić information content (AvgIpc) is 3.02. The van der Waals surface area contributed by atoms with Crippen LogP contribution in [-0.4, -0.2) is 31.4 Å². The van der Waals surface area contributed by atoms with Gasteiger partial charge in [-0.05, 0) is 43.9 Å². The molecule has 0 aliphatic rings. The fraction of sp³-hybridized carbons (Fsp3) is 0.235. The number of nitrogens with zero attached hydrogens (tertiary/aromatic N) is 1. The molecule has 1 heterocycles. The number of benzene rings is 1. The van der Waals surface area contributed by atoms with E-state index >= 15 is 0 Å². The first-order chi connectivity index (χ1) is 11.0. The molecule has 0 bridgehead atoms. The molecule has 1 unspecified atom stereocenters. The van der Waals surface area contributed by atoms with Gasteiger partial charge >= 0.3 is 0 Å². The van der Waals surface area contributed by atoms with Gasteiger partial charge in [0.25, 0.3) is 0 Å². The number of rotatable bonds is 6. The SMILES string of the molecule is CN(C)C(CNC(=O)/C=C/c1cccc(Cl)c1Cl)c1ccco1. The summed E-state index contributed by atoms with van der Waals surface area (Å²) in [7, 11) is 3.86. The summed E-state index contributed by atoms with van der Waals surface area (Å²) < 4.78 is 5.40. The molecule has 1 amide bonds. The molecular formula is C17H18Cl2N2O2. The fourth-order valence-electron chi connectivity index (χ4n) is 2.09. The van der Waals surface area contributed by atoms with Crippen LogP contribution in [0.5, 0.6) is 0 Å². The summed E-state index contributed by atoms with van der Waals surface area (Å²) in [6, 6.07) is 8.96. The minimum atomic E-state index is -0.209. The lowest BCUT2D eigenvalue weighted by Crippen LogP contribution is -2.33. The summed E-state index contributed by atoms with van der Waals surface area (Å²) in [5, 5.41) is 3.74. The van der Waals surface area contributed by atoms with Crippen molar-refractivity contribution in [2.75, 3.05) is 20.6 Å². The predicted molar refractivity (Wildman–Crippen MR) is 93.6 cm³/mol. The number of amides is 1. The van der Waals surface area contributed by atoms with Crippen molar-refractivity contribution < 1.29 is 9.21 Å². The van der Waals surface area contributed by atoms with Crippen LogP contribution >= 0.6 is 23.2 Å². The molecule has 1 atom stereocenters. The van der Waals surface area contributed by atoms with Crippen LogP contribution in [0.4, 0.5) is 0 Å². The number of carbonyl (C=O) groups excluding carboxylic acids is 1. The van der Waals surface area contributed by atoms with E-state index in [0.717, 1.165) is 5.76 Å². The van der Waals surface area contributed by atoms with Crippen molar-refractivity contribution in [3.8, 4) is 0 Å². The minimum Gasteiger partial charge on any atom is -0.468 e. The van der Waals surface area contributed by atoms with Crippen LogP contribution < -0.4 is 5.32 Å². The van der Waals surface area contributed by atoms with Gasteiger partial charge in [-0.15, -0.1) is 0 Å². The van der Waals surface area contributed by atoms with Gasteiger partial charge < -0.3 is 9.73 Å². The van der Waals surface area contributed by atoms with Crippen LogP contribution in [0.25, 0.3) is 6.08 Å². The number of hydrogen-bond acceptors (Lipinski definition) is 3. The summed E-state index contributed by atoms with van der Waals surface area (Å²) in [6.07, 6.45) is 4.70. The van der Waals surface area contributed by atoms with E-state index in [1.54, 1.807) is 30.5 Å². The van der Waals surface area contributed by atoms with Gasteiger partial charge in [-0.2, -0.15) is 0 Å². The third-order valence-corrected chi connectivity index (χ3v) is 4.19. The van der Waals surface area contributed by atoms with Gasteiger partial charge in [0.2, 0.25) is 5.91 Å². The Morgan fingerprint density at radius 2 is 2.09 bits per heavy atom. The molecule has 0 aliphatic heterocycles. The minimum absolute atomic E-state index is 0.0305. The highest BCUT2D eigenvalue weighted by molar-refractivity contribution is 6.42. The van der Waals surface area contributed by atoms with Gasteiger partial charge in [-0.1, -0.05) is 35.3 Å². The van der Waals surface area contributed by atoms with Crippen LogP contribution in [-0.2, 0) is 4.79 Å². The Morgan fingerprint density at radius 1 is 1.30 bits per heavy atom. The number of halogens is 2. The van der Waals surface area contributed by atoms with Crippen molar-refractivity contribution in [2.24, 2.45) is 0 Å². The summed E-state index contributed by atoms with van der Waals surface area (Å²) >= 11 is 12.0. The Labute approximate surface area is 145 Å². The van der Waals surface area contributed by atoms with Crippen LogP contribution in [0, 0.1) is 0 Å². The summed E-state index contributed by atoms with van der Waals surface area (Å²) in [4.78, 5) is 14.0. The van der Waals surface area contributed by atoms with Gasteiger partial charge in [0.05, 0.1) is 22.4 Å². The molecule has 2 rings (SSSR count). The number of likely N-dealkylation sites (N-methyl/N-ethyl adjacent to an activating group) is 1. The molecule has 2 aromatic rings. The van der Waals surface area contributed by atoms with Crippen molar-refractivity contribution in [1.29, 1.82) is 0 Å². The van der Waals surface area contributed by atoms with E-state index in [2.05, 4.69) is 5.32 Å². The topological polar surface area (TPSA) is 45.5 Å². The largest absolute Gasteiger partial charge is 0.468 e. The molecule has 0 radical (unpaired) electrons. The zero-order chi connectivity index (χ0) is 16.8. The van der Waals surface area contributed by atoms with Gasteiger partial charge in [0, 0.05) is 12.6 Å². The molecule has 0 saturated carbocycles. The lowest BCUT2D eigenvalue weighted by Gasteiger charge is -2.22. The highest BCUT2D eigenvalue weighted by Crippen LogP contribution is 2.26. The highest BCUT2D eigenvalue weighted by Gasteiger charge is 2.17. The van der Waals surface area contributed by atoms with E-state index in [1.165, 1.54) is 6.08 Å². The Kier molecular flexibility index (Phi) is 6.28. The van der Waals surface area contributed by atoms with Gasteiger partial charge in [0.15, 0.2) is 0 Å². The Hall–Kier alpha value is -1.75. The normalized spacial score (nSPS) is 12.7. The first kappa shape index (κ1) is 17.6. The average molecular weight is 353 g/mol. The van der Waals surface area contributed by atoms with Crippen LogP contribution in [0.1, 0.15) is 17.4 Å². The molecule has 4 nitrogen and oxygen atoms in total. The number of hydrogen-bond donors (Lipinski definition) is 1. The third kappa shape index (κ3) is 4.86. The highest BCUT2D eigenvalue weighted by atomic mass is 35.5. The quantitative estimate of drug-likeness (QED) is 0.798.